The molecule has 0 unspecified atom stereocenters. The highest BCUT2D eigenvalue weighted by Crippen LogP contribution is 2.34. The number of halogens is 3. The highest BCUT2D eigenvalue weighted by molar-refractivity contribution is 9.10. The number of benzene rings is 1. The van der Waals surface area contributed by atoms with Crippen LogP contribution >= 0.6 is 50.5 Å². The maximum atomic E-state index is 12.0. The van der Waals surface area contributed by atoms with Gasteiger partial charge >= 0.3 is 0 Å². The normalized spacial score (nSPS) is 11.7. The van der Waals surface area contributed by atoms with E-state index >= 15 is 0 Å². The summed E-state index contributed by atoms with van der Waals surface area (Å²) < 4.78 is 28.0. The summed E-state index contributed by atoms with van der Waals surface area (Å²) in [6.45, 7) is 0.194. The lowest BCUT2D eigenvalue weighted by atomic mass is 10.2. The van der Waals surface area contributed by atoms with Gasteiger partial charge in [0.2, 0.25) is 10.0 Å². The van der Waals surface area contributed by atoms with Crippen LogP contribution in [0, 0.1) is 0 Å². The van der Waals surface area contributed by atoms with Crippen LogP contribution in [0.1, 0.15) is 5.56 Å². The first kappa shape index (κ1) is 15.3. The summed E-state index contributed by atoms with van der Waals surface area (Å²) in [7, 11) is -3.65. The maximum absolute atomic E-state index is 12.0. The van der Waals surface area contributed by atoms with Crippen molar-refractivity contribution in [3.63, 3.8) is 0 Å². The van der Waals surface area contributed by atoms with Crippen molar-refractivity contribution in [2.45, 2.75) is 11.4 Å². The van der Waals surface area contributed by atoms with Crippen molar-refractivity contribution in [3.05, 3.63) is 49.0 Å². The first-order valence-electron chi connectivity index (χ1n) is 5.07. The molecule has 2 rings (SSSR count). The Morgan fingerprint density at radius 2 is 1.84 bits per heavy atom. The van der Waals surface area contributed by atoms with Crippen LogP contribution in [0.5, 0.6) is 0 Å². The van der Waals surface area contributed by atoms with Crippen LogP contribution in [0.25, 0.3) is 0 Å². The fraction of sp³-hybridized carbons (Fsp3) is 0.0909. The SMILES string of the molecule is O=S(=O)(NCc1ccc(Br)cc1)c1cc(Cl)sc1Cl. The lowest BCUT2D eigenvalue weighted by Crippen LogP contribution is -2.23. The highest BCUT2D eigenvalue weighted by atomic mass is 79.9. The summed E-state index contributed by atoms with van der Waals surface area (Å²) in [6, 6.07) is 8.69. The molecule has 0 atom stereocenters. The summed E-state index contributed by atoms with van der Waals surface area (Å²) in [5, 5.41) is 0. The molecule has 0 saturated carbocycles. The zero-order chi connectivity index (χ0) is 14.0. The second kappa shape index (κ2) is 6.11. The van der Waals surface area contributed by atoms with E-state index in [9.17, 15) is 8.42 Å². The molecule has 1 aromatic carbocycles. The third kappa shape index (κ3) is 3.93. The molecule has 0 aliphatic carbocycles. The van der Waals surface area contributed by atoms with Gasteiger partial charge in [-0.1, -0.05) is 51.3 Å². The lowest BCUT2D eigenvalue weighted by Gasteiger charge is -2.05. The second-order valence-electron chi connectivity index (χ2n) is 3.64. The molecule has 3 nitrogen and oxygen atoms in total. The van der Waals surface area contributed by atoms with Crippen LogP contribution in [0.15, 0.2) is 39.7 Å². The van der Waals surface area contributed by atoms with Crippen LogP contribution in [0.2, 0.25) is 8.67 Å². The summed E-state index contributed by atoms with van der Waals surface area (Å²) >= 11 is 15.9. The monoisotopic (exact) mass is 399 g/mol. The number of thiophene rings is 1. The Labute approximate surface area is 133 Å². The molecular formula is C11H8BrCl2NO2S2. The molecule has 0 aliphatic rings. The van der Waals surface area contributed by atoms with Crippen molar-refractivity contribution in [2.75, 3.05) is 0 Å². The van der Waals surface area contributed by atoms with E-state index < -0.39 is 10.0 Å². The van der Waals surface area contributed by atoms with E-state index in [0.717, 1.165) is 21.4 Å². The average Bonchev–Trinajstić information content (AvgIpc) is 2.69. The minimum atomic E-state index is -3.65. The van der Waals surface area contributed by atoms with E-state index in [1.165, 1.54) is 6.07 Å². The summed E-state index contributed by atoms with van der Waals surface area (Å²) in [5.41, 5.74) is 0.851. The summed E-state index contributed by atoms with van der Waals surface area (Å²) in [5.74, 6) is 0. The van der Waals surface area contributed by atoms with Gasteiger partial charge in [0.05, 0.1) is 4.34 Å². The molecule has 0 saturated heterocycles. The smallest absolute Gasteiger partial charge is 0.207 e. The predicted octanol–water partition coefficient (Wildman–Crippen LogP) is 4.30. The topological polar surface area (TPSA) is 46.2 Å². The number of sulfonamides is 1. The van der Waals surface area contributed by atoms with E-state index in [0.29, 0.717) is 4.34 Å². The number of rotatable bonds is 4. The Morgan fingerprint density at radius 1 is 1.21 bits per heavy atom. The Kier molecular flexibility index (Phi) is 4.92. The Morgan fingerprint density at radius 3 is 2.37 bits per heavy atom. The maximum Gasteiger partial charge on any atom is 0.243 e. The Bertz CT molecular complexity index is 683. The molecule has 1 aromatic heterocycles. The molecule has 2 aromatic rings. The molecule has 0 radical (unpaired) electrons. The summed E-state index contributed by atoms with van der Waals surface area (Å²) in [6.07, 6.45) is 0. The Balaban J connectivity index is 2.14. The van der Waals surface area contributed by atoms with Crippen molar-refractivity contribution < 1.29 is 8.42 Å². The van der Waals surface area contributed by atoms with Gasteiger partial charge in [-0.25, -0.2) is 13.1 Å². The molecule has 1 N–H and O–H groups in total. The van der Waals surface area contributed by atoms with Gasteiger partial charge in [-0.3, -0.25) is 0 Å². The zero-order valence-corrected chi connectivity index (χ0v) is 14.1. The standard InChI is InChI=1S/C11H8BrCl2NO2S2/c12-8-3-1-7(2-4-8)6-15-19(16,17)9-5-10(13)18-11(9)14/h1-5,15H,6H2. The van der Waals surface area contributed by atoms with Crippen molar-refractivity contribution >= 4 is 60.5 Å². The molecule has 8 heteroatoms. The van der Waals surface area contributed by atoms with Gasteiger partial charge in [0.1, 0.15) is 9.23 Å². The minimum Gasteiger partial charge on any atom is -0.207 e. The van der Waals surface area contributed by atoms with Crippen LogP contribution in [0.4, 0.5) is 0 Å². The molecule has 102 valence electrons. The Hall–Kier alpha value is -0.110. The second-order valence-corrected chi connectivity index (χ2v) is 8.58. The molecule has 0 spiro atoms. The van der Waals surface area contributed by atoms with Crippen LogP contribution in [0.3, 0.4) is 0 Å². The fourth-order valence-corrected chi connectivity index (χ4v) is 4.80. The molecule has 1 heterocycles. The molecule has 0 fully saturated rings. The third-order valence-corrected chi connectivity index (χ3v) is 5.98. The van der Waals surface area contributed by atoms with Gasteiger partial charge in [-0.2, -0.15) is 0 Å². The van der Waals surface area contributed by atoms with Gasteiger partial charge < -0.3 is 0 Å². The summed E-state index contributed by atoms with van der Waals surface area (Å²) in [4.78, 5) is 0.0151. The number of nitrogens with one attached hydrogen (secondary N) is 1. The van der Waals surface area contributed by atoms with Crippen molar-refractivity contribution in [2.24, 2.45) is 0 Å². The van der Waals surface area contributed by atoms with E-state index in [4.69, 9.17) is 23.2 Å². The van der Waals surface area contributed by atoms with Crippen LogP contribution in [-0.4, -0.2) is 8.42 Å². The van der Waals surface area contributed by atoms with E-state index in [1.54, 1.807) is 0 Å². The lowest BCUT2D eigenvalue weighted by molar-refractivity contribution is 0.582. The number of hydrogen-bond donors (Lipinski definition) is 1. The molecule has 0 amide bonds. The average molecular weight is 401 g/mol. The van der Waals surface area contributed by atoms with Crippen molar-refractivity contribution in [1.29, 1.82) is 0 Å². The molecule has 0 bridgehead atoms. The third-order valence-electron chi connectivity index (χ3n) is 2.29. The largest absolute Gasteiger partial charge is 0.243 e. The van der Waals surface area contributed by atoms with Gasteiger partial charge in [0.15, 0.2) is 0 Å². The zero-order valence-electron chi connectivity index (χ0n) is 9.36. The van der Waals surface area contributed by atoms with Gasteiger partial charge in [-0.15, -0.1) is 11.3 Å². The minimum absolute atomic E-state index is 0.0151. The van der Waals surface area contributed by atoms with Gasteiger partial charge in [-0.05, 0) is 23.8 Å². The quantitative estimate of drug-likeness (QED) is 0.831. The van der Waals surface area contributed by atoms with Crippen molar-refractivity contribution in [1.82, 2.24) is 4.72 Å². The van der Waals surface area contributed by atoms with Crippen LogP contribution < -0.4 is 4.72 Å². The fourth-order valence-electron chi connectivity index (χ4n) is 1.37. The first-order chi connectivity index (χ1) is 8.88. The molecular weight excluding hydrogens is 393 g/mol. The van der Waals surface area contributed by atoms with Crippen molar-refractivity contribution in [3.8, 4) is 0 Å². The van der Waals surface area contributed by atoms with E-state index in [-0.39, 0.29) is 15.8 Å². The van der Waals surface area contributed by atoms with E-state index in [1.807, 2.05) is 24.3 Å². The number of hydrogen-bond acceptors (Lipinski definition) is 3. The molecule has 0 aliphatic heterocycles. The first-order valence-corrected chi connectivity index (χ1v) is 8.92. The molecule has 19 heavy (non-hydrogen) atoms. The predicted molar refractivity (Wildman–Crippen MR) is 82.5 cm³/mol. The van der Waals surface area contributed by atoms with E-state index in [2.05, 4.69) is 20.7 Å². The highest BCUT2D eigenvalue weighted by Gasteiger charge is 2.20. The van der Waals surface area contributed by atoms with Gasteiger partial charge in [0.25, 0.3) is 0 Å². The van der Waals surface area contributed by atoms with Gasteiger partial charge in [0, 0.05) is 11.0 Å². The van der Waals surface area contributed by atoms with Crippen LogP contribution in [-0.2, 0) is 16.6 Å².